The van der Waals surface area contributed by atoms with Crippen molar-refractivity contribution in [1.29, 1.82) is 0 Å². The van der Waals surface area contributed by atoms with Crippen LogP contribution in [0.5, 0.6) is 0 Å². The fourth-order valence-electron chi connectivity index (χ4n) is 3.93. The molecule has 4 rings (SSSR count). The van der Waals surface area contributed by atoms with Crippen molar-refractivity contribution in [3.05, 3.63) is 45.3 Å². The first-order chi connectivity index (χ1) is 13.4. The number of hydrogen-bond donors (Lipinski definition) is 0. The molecule has 150 valence electrons. The van der Waals surface area contributed by atoms with E-state index in [0.29, 0.717) is 0 Å². The fraction of sp³-hybridized carbons (Fsp3) is 0.455. The monoisotopic (exact) mass is 508 g/mol. The molecule has 28 heavy (non-hydrogen) atoms. The molecule has 0 bridgehead atoms. The minimum absolute atomic E-state index is 0.00172. The predicted molar refractivity (Wildman–Crippen MR) is 131 cm³/mol. The van der Waals surface area contributed by atoms with Crippen LogP contribution < -0.4 is 15.2 Å². The van der Waals surface area contributed by atoms with Gasteiger partial charge in [-0.15, -0.1) is 0 Å². The van der Waals surface area contributed by atoms with Crippen molar-refractivity contribution in [3.8, 4) is 0 Å². The first-order valence-corrected chi connectivity index (χ1v) is 13.7. The standard InChI is InChI=1S/C22H29IN4S/c1-6-16-12-18(27-9-7-26(5)8-10-27)14-20-22(16)24-21-15(2)11-17(25(3)4)13-19(21)28(20)23/h11-14H,6-10H2,1-5H3. The van der Waals surface area contributed by atoms with Crippen molar-refractivity contribution in [2.75, 3.05) is 57.1 Å². The van der Waals surface area contributed by atoms with Gasteiger partial charge in [-0.05, 0) is 77.0 Å². The molecule has 0 radical (unpaired) electrons. The molecule has 2 aromatic rings. The van der Waals surface area contributed by atoms with Gasteiger partial charge >= 0.3 is 0 Å². The molecule has 0 saturated carbocycles. The van der Waals surface area contributed by atoms with Crippen LogP contribution >= 0.6 is 28.9 Å². The number of hydrogen-bond acceptors (Lipinski definition) is 4. The molecule has 0 N–H and O–H groups in total. The molecule has 1 saturated heterocycles. The minimum Gasteiger partial charge on any atom is -0.378 e. The molecule has 1 fully saturated rings. The van der Waals surface area contributed by atoms with E-state index in [1.54, 1.807) is 0 Å². The third-order valence-corrected chi connectivity index (χ3v) is 10.0. The van der Waals surface area contributed by atoms with Crippen LogP contribution in [0.3, 0.4) is 0 Å². The Labute approximate surface area is 182 Å². The third kappa shape index (κ3) is 3.59. The Hall–Kier alpha value is -1.12. The number of likely N-dealkylation sites (N-methyl/N-ethyl adjacent to an activating group) is 1. The van der Waals surface area contributed by atoms with Crippen LogP contribution in [0.1, 0.15) is 18.1 Å². The van der Waals surface area contributed by atoms with Gasteiger partial charge in [-0.3, -0.25) is 0 Å². The number of benzene rings is 2. The smallest absolute Gasteiger partial charge is 0.0809 e. The highest BCUT2D eigenvalue weighted by atomic mass is 127. The molecule has 2 aliphatic heterocycles. The number of anilines is 2. The number of piperazine rings is 1. The van der Waals surface area contributed by atoms with Crippen molar-refractivity contribution in [2.24, 2.45) is 4.99 Å². The van der Waals surface area contributed by atoms with Gasteiger partial charge < -0.3 is 14.7 Å². The van der Waals surface area contributed by atoms with Gasteiger partial charge in [0.25, 0.3) is 0 Å². The molecule has 0 spiro atoms. The normalized spacial score (nSPS) is 19.1. The maximum absolute atomic E-state index is 5.19. The summed E-state index contributed by atoms with van der Waals surface area (Å²) in [5.41, 5.74) is 6.46. The Balaban J connectivity index is 1.91. The summed E-state index contributed by atoms with van der Waals surface area (Å²) in [6, 6.07) is 9.39. The van der Waals surface area contributed by atoms with Crippen LogP contribution in [0, 0.1) is 11.4 Å². The lowest BCUT2D eigenvalue weighted by Crippen LogP contribution is -2.44. The van der Waals surface area contributed by atoms with Gasteiger partial charge in [0.05, 0.1) is 11.0 Å². The summed E-state index contributed by atoms with van der Waals surface area (Å²) in [5, 5.41) is 1.21. The van der Waals surface area contributed by atoms with Crippen LogP contribution in [-0.2, 0) is 6.42 Å². The Morgan fingerprint density at radius 3 is 2.46 bits per heavy atom. The number of nitrogens with zero attached hydrogens (tertiary/aromatic N) is 4. The van der Waals surface area contributed by atoms with E-state index in [-0.39, 0.29) is 7.66 Å². The van der Waals surface area contributed by atoms with Crippen LogP contribution in [-0.4, -0.2) is 52.2 Å². The van der Waals surface area contributed by atoms with Gasteiger partial charge in [-0.2, -0.15) is 0 Å². The zero-order valence-corrected chi connectivity index (χ0v) is 20.4. The molecule has 1 unspecified atom stereocenters. The summed E-state index contributed by atoms with van der Waals surface area (Å²) >= 11 is 2.64. The molecule has 2 aromatic carbocycles. The van der Waals surface area contributed by atoms with E-state index in [1.807, 2.05) is 0 Å². The van der Waals surface area contributed by atoms with Crippen molar-refractivity contribution in [1.82, 2.24) is 4.90 Å². The van der Waals surface area contributed by atoms with Crippen molar-refractivity contribution in [2.45, 2.75) is 25.2 Å². The summed E-state index contributed by atoms with van der Waals surface area (Å²) in [4.78, 5) is 13.7. The SMILES string of the molecule is CCc1cc(N2CCN(C)CC2)cc2c1=Nc1c(C)cc(N(C)C)cc1S=2I. The Kier molecular flexibility index (Phi) is 5.73. The average molecular weight is 508 g/mol. The topological polar surface area (TPSA) is 22.1 Å². The van der Waals surface area contributed by atoms with Crippen molar-refractivity contribution in [3.63, 3.8) is 0 Å². The largest absolute Gasteiger partial charge is 0.378 e. The zero-order valence-electron chi connectivity index (χ0n) is 17.4. The maximum Gasteiger partial charge on any atom is 0.0809 e. The third-order valence-electron chi connectivity index (χ3n) is 5.76. The second-order valence-electron chi connectivity index (χ2n) is 7.97. The molecule has 2 aliphatic rings. The molecular formula is C22H29IN4S. The van der Waals surface area contributed by atoms with E-state index in [0.717, 1.165) is 32.6 Å². The number of aryl methyl sites for hydroxylation is 2. The summed E-state index contributed by atoms with van der Waals surface area (Å²) in [6.07, 6.45) is 1.02. The van der Waals surface area contributed by atoms with Gasteiger partial charge in [-0.1, -0.05) is 14.6 Å². The zero-order chi connectivity index (χ0) is 20.0. The van der Waals surface area contributed by atoms with Gasteiger partial charge in [0.1, 0.15) is 0 Å². The van der Waals surface area contributed by atoms with Crippen LogP contribution in [0.4, 0.5) is 17.1 Å². The molecule has 0 aliphatic carbocycles. The Morgan fingerprint density at radius 2 is 1.82 bits per heavy atom. The van der Waals surface area contributed by atoms with E-state index in [1.165, 1.54) is 43.0 Å². The highest BCUT2D eigenvalue weighted by molar-refractivity contribution is 14.2. The molecule has 4 nitrogen and oxygen atoms in total. The second-order valence-corrected chi connectivity index (χ2v) is 12.0. The van der Waals surface area contributed by atoms with Crippen molar-refractivity contribution >= 4 is 45.9 Å². The number of rotatable bonds is 3. The highest BCUT2D eigenvalue weighted by Crippen LogP contribution is 2.47. The second kappa shape index (κ2) is 7.95. The Bertz CT molecular complexity index is 1040. The van der Waals surface area contributed by atoms with Gasteiger partial charge in [0.2, 0.25) is 0 Å². The van der Waals surface area contributed by atoms with Crippen LogP contribution in [0.15, 0.2) is 34.2 Å². The van der Waals surface area contributed by atoms with E-state index in [9.17, 15) is 0 Å². The van der Waals surface area contributed by atoms with Crippen LogP contribution in [0.25, 0.3) is 0 Å². The quantitative estimate of drug-likeness (QED) is 0.448. The minimum atomic E-state index is 0.00172. The summed E-state index contributed by atoms with van der Waals surface area (Å²) in [6.45, 7) is 8.91. The molecular weight excluding hydrogens is 479 g/mol. The summed E-state index contributed by atoms with van der Waals surface area (Å²) in [5.74, 6) is 0. The molecule has 6 heteroatoms. The number of halogens is 1. The van der Waals surface area contributed by atoms with E-state index in [4.69, 9.17) is 4.99 Å². The lowest BCUT2D eigenvalue weighted by atomic mass is 10.1. The van der Waals surface area contributed by atoms with E-state index < -0.39 is 0 Å². The maximum atomic E-state index is 5.19. The fourth-order valence-corrected chi connectivity index (χ4v) is 7.35. The first kappa shape index (κ1) is 20.2. The highest BCUT2D eigenvalue weighted by Gasteiger charge is 2.20. The van der Waals surface area contributed by atoms with Crippen LogP contribution in [0.2, 0.25) is 0 Å². The molecule has 2 heterocycles. The van der Waals surface area contributed by atoms with E-state index >= 15 is 0 Å². The summed E-state index contributed by atoms with van der Waals surface area (Å²) in [7, 11) is 6.44. The van der Waals surface area contributed by atoms with Gasteiger partial charge in [0, 0.05) is 61.1 Å². The number of fused-ring (bicyclic) bond motifs is 2. The first-order valence-electron chi connectivity index (χ1n) is 9.93. The van der Waals surface area contributed by atoms with E-state index in [2.05, 4.69) is 95.2 Å². The molecule has 1 atom stereocenters. The lowest BCUT2D eigenvalue weighted by Gasteiger charge is -2.34. The van der Waals surface area contributed by atoms with Gasteiger partial charge in [0.15, 0.2) is 0 Å². The lowest BCUT2D eigenvalue weighted by molar-refractivity contribution is 0.313. The summed E-state index contributed by atoms with van der Waals surface area (Å²) < 4.78 is 1.40. The average Bonchev–Trinajstić information content (AvgIpc) is 2.68. The molecule has 0 aromatic heterocycles. The van der Waals surface area contributed by atoms with Gasteiger partial charge in [-0.25, -0.2) is 4.99 Å². The Morgan fingerprint density at radius 1 is 1.11 bits per heavy atom. The predicted octanol–water partition coefficient (Wildman–Crippen LogP) is 4.57. The molecule has 0 amide bonds. The van der Waals surface area contributed by atoms with Crippen molar-refractivity contribution < 1.29 is 0 Å².